The first-order chi connectivity index (χ1) is 12.6. The van der Waals surface area contributed by atoms with Gasteiger partial charge in [0.15, 0.2) is 5.13 Å². The normalized spacial score (nSPS) is 13.5. The Morgan fingerprint density at radius 1 is 1.12 bits per heavy atom. The highest BCUT2D eigenvalue weighted by Gasteiger charge is 2.18. The number of benzene rings is 1. The Balaban J connectivity index is 1.46. The Morgan fingerprint density at radius 2 is 1.85 bits per heavy atom. The molecule has 1 aromatic carbocycles. The van der Waals surface area contributed by atoms with Crippen molar-refractivity contribution in [2.24, 2.45) is 0 Å². The highest BCUT2D eigenvalue weighted by molar-refractivity contribution is 7.14. The van der Waals surface area contributed by atoms with E-state index in [0.717, 1.165) is 25.9 Å². The van der Waals surface area contributed by atoms with Crippen molar-refractivity contribution in [1.82, 2.24) is 15.2 Å². The van der Waals surface area contributed by atoms with Crippen LogP contribution in [0.4, 0.5) is 5.13 Å². The topological polar surface area (TPSA) is 91.4 Å². The van der Waals surface area contributed by atoms with Crippen LogP contribution in [0, 0.1) is 0 Å². The molecule has 0 saturated carbocycles. The van der Waals surface area contributed by atoms with E-state index in [-0.39, 0.29) is 30.7 Å². The van der Waals surface area contributed by atoms with Crippen LogP contribution in [0.2, 0.25) is 0 Å². The van der Waals surface area contributed by atoms with Gasteiger partial charge in [0, 0.05) is 24.0 Å². The fourth-order valence-electron chi connectivity index (χ4n) is 2.68. The van der Waals surface area contributed by atoms with Crippen LogP contribution in [0.25, 0.3) is 0 Å². The first-order valence-corrected chi connectivity index (χ1v) is 9.35. The fraction of sp³-hybridized carbons (Fsp3) is 0.333. The van der Waals surface area contributed by atoms with E-state index in [1.165, 1.54) is 11.3 Å². The zero-order valence-electron chi connectivity index (χ0n) is 14.2. The number of carbonyl (C=O) groups excluding carboxylic acids is 3. The number of anilines is 1. The van der Waals surface area contributed by atoms with Crippen LogP contribution in [0.5, 0.6) is 0 Å². The van der Waals surface area contributed by atoms with Gasteiger partial charge in [-0.05, 0) is 25.0 Å². The summed E-state index contributed by atoms with van der Waals surface area (Å²) < 4.78 is 0. The molecule has 7 nitrogen and oxygen atoms in total. The average Bonchev–Trinajstić information content (AvgIpc) is 3.33. The summed E-state index contributed by atoms with van der Waals surface area (Å²) in [4.78, 5) is 42.0. The van der Waals surface area contributed by atoms with Crippen molar-refractivity contribution >= 4 is 34.2 Å². The van der Waals surface area contributed by atoms with E-state index in [9.17, 15) is 14.4 Å². The third-order valence-corrected chi connectivity index (χ3v) is 4.85. The van der Waals surface area contributed by atoms with Gasteiger partial charge in [-0.25, -0.2) is 4.98 Å². The maximum atomic E-state index is 12.1. The minimum absolute atomic E-state index is 0.0145. The van der Waals surface area contributed by atoms with Crippen molar-refractivity contribution < 1.29 is 14.4 Å². The second-order valence-electron chi connectivity index (χ2n) is 6.01. The highest BCUT2D eigenvalue weighted by atomic mass is 32.1. The molecule has 2 aromatic rings. The Labute approximate surface area is 155 Å². The Kier molecular flexibility index (Phi) is 5.96. The minimum atomic E-state index is -0.260. The number of thiazole rings is 1. The van der Waals surface area contributed by atoms with Gasteiger partial charge in [-0.3, -0.25) is 19.7 Å². The van der Waals surface area contributed by atoms with Crippen molar-refractivity contribution in [2.45, 2.75) is 19.3 Å². The Morgan fingerprint density at radius 3 is 2.58 bits per heavy atom. The smallest absolute Gasteiger partial charge is 0.257 e. The van der Waals surface area contributed by atoms with E-state index in [1.807, 2.05) is 6.07 Å². The van der Waals surface area contributed by atoms with Crippen LogP contribution in [-0.2, 0) is 16.0 Å². The molecule has 2 heterocycles. The van der Waals surface area contributed by atoms with Gasteiger partial charge < -0.3 is 10.2 Å². The lowest BCUT2D eigenvalue weighted by molar-refractivity contribution is -0.131. The molecule has 26 heavy (non-hydrogen) atoms. The van der Waals surface area contributed by atoms with Crippen LogP contribution in [0.1, 0.15) is 28.9 Å². The summed E-state index contributed by atoms with van der Waals surface area (Å²) in [6.45, 7) is 1.55. The highest BCUT2D eigenvalue weighted by Crippen LogP contribution is 2.17. The molecule has 2 N–H and O–H groups in total. The van der Waals surface area contributed by atoms with E-state index in [0.29, 0.717) is 16.4 Å². The molecular weight excluding hydrogens is 352 g/mol. The molecule has 8 heteroatoms. The predicted molar refractivity (Wildman–Crippen MR) is 99.0 cm³/mol. The predicted octanol–water partition coefficient (Wildman–Crippen LogP) is 1.68. The number of aromatic nitrogens is 1. The lowest BCUT2D eigenvalue weighted by atomic mass is 10.2. The molecule has 136 valence electrons. The molecule has 1 saturated heterocycles. The molecule has 3 amide bonds. The molecule has 0 bridgehead atoms. The largest absolute Gasteiger partial charge is 0.347 e. The SMILES string of the molecule is O=C(Cc1csc(NC(=O)c2ccccc2)n1)NCC(=O)N1CCCC1. The van der Waals surface area contributed by atoms with Gasteiger partial charge in [-0.2, -0.15) is 0 Å². The van der Waals surface area contributed by atoms with E-state index in [1.54, 1.807) is 34.5 Å². The molecule has 1 aromatic heterocycles. The lowest BCUT2D eigenvalue weighted by Gasteiger charge is -2.15. The van der Waals surface area contributed by atoms with E-state index in [4.69, 9.17) is 0 Å². The summed E-state index contributed by atoms with van der Waals surface area (Å²) in [6, 6.07) is 8.85. The van der Waals surface area contributed by atoms with Crippen LogP contribution in [-0.4, -0.2) is 47.2 Å². The number of likely N-dealkylation sites (tertiary alicyclic amines) is 1. The summed E-state index contributed by atoms with van der Waals surface area (Å²) in [7, 11) is 0. The first kappa shape index (κ1) is 18.1. The molecule has 0 unspecified atom stereocenters. The number of amides is 3. The summed E-state index contributed by atoms with van der Waals surface area (Å²) in [5.41, 5.74) is 1.10. The van der Waals surface area contributed by atoms with Gasteiger partial charge in [0.25, 0.3) is 5.91 Å². The molecule has 0 atom stereocenters. The van der Waals surface area contributed by atoms with Crippen LogP contribution >= 0.6 is 11.3 Å². The fourth-order valence-corrected chi connectivity index (χ4v) is 3.39. The van der Waals surface area contributed by atoms with Gasteiger partial charge in [0.2, 0.25) is 11.8 Å². The van der Waals surface area contributed by atoms with Crippen molar-refractivity contribution in [1.29, 1.82) is 0 Å². The first-order valence-electron chi connectivity index (χ1n) is 8.47. The van der Waals surface area contributed by atoms with E-state index < -0.39 is 0 Å². The van der Waals surface area contributed by atoms with Gasteiger partial charge in [0.1, 0.15) is 0 Å². The molecule has 1 aliphatic rings. The van der Waals surface area contributed by atoms with E-state index >= 15 is 0 Å². The molecule has 1 aliphatic heterocycles. The molecule has 3 rings (SSSR count). The number of carbonyl (C=O) groups is 3. The summed E-state index contributed by atoms with van der Waals surface area (Å²) in [6.07, 6.45) is 2.12. The number of nitrogens with one attached hydrogen (secondary N) is 2. The standard InChI is InChI=1S/C18H20N4O3S/c23-15(19-11-16(24)22-8-4-5-9-22)10-14-12-26-18(20-14)21-17(25)13-6-2-1-3-7-13/h1-3,6-7,12H,4-5,8-11H2,(H,19,23)(H,20,21,25). The second kappa shape index (κ2) is 8.57. The lowest BCUT2D eigenvalue weighted by Crippen LogP contribution is -2.39. The van der Waals surface area contributed by atoms with E-state index in [2.05, 4.69) is 15.6 Å². The summed E-state index contributed by atoms with van der Waals surface area (Å²) in [5.74, 6) is -0.555. The second-order valence-corrected chi connectivity index (χ2v) is 6.86. The molecule has 1 fully saturated rings. The number of hydrogen-bond acceptors (Lipinski definition) is 5. The molecular formula is C18H20N4O3S. The quantitative estimate of drug-likeness (QED) is 0.807. The molecule has 0 radical (unpaired) electrons. The van der Waals surface area contributed by atoms with Crippen molar-refractivity contribution in [3.63, 3.8) is 0 Å². The summed E-state index contributed by atoms with van der Waals surface area (Å²) >= 11 is 1.26. The maximum Gasteiger partial charge on any atom is 0.257 e. The van der Waals surface area contributed by atoms with Crippen LogP contribution in [0.3, 0.4) is 0 Å². The van der Waals surface area contributed by atoms with Gasteiger partial charge in [-0.15, -0.1) is 11.3 Å². The minimum Gasteiger partial charge on any atom is -0.347 e. The number of nitrogens with zero attached hydrogens (tertiary/aromatic N) is 2. The number of hydrogen-bond donors (Lipinski definition) is 2. The van der Waals surface area contributed by atoms with Crippen LogP contribution < -0.4 is 10.6 Å². The third-order valence-electron chi connectivity index (χ3n) is 4.05. The maximum absolute atomic E-state index is 12.1. The Hall–Kier alpha value is -2.74. The summed E-state index contributed by atoms with van der Waals surface area (Å²) in [5, 5.41) is 7.51. The molecule has 0 aliphatic carbocycles. The monoisotopic (exact) mass is 372 g/mol. The third kappa shape index (κ3) is 4.89. The van der Waals surface area contributed by atoms with Crippen molar-refractivity contribution in [2.75, 3.05) is 25.0 Å². The van der Waals surface area contributed by atoms with Gasteiger partial charge in [-0.1, -0.05) is 18.2 Å². The Bertz CT molecular complexity index is 785. The van der Waals surface area contributed by atoms with Crippen molar-refractivity contribution in [3.8, 4) is 0 Å². The van der Waals surface area contributed by atoms with Gasteiger partial charge >= 0.3 is 0 Å². The zero-order chi connectivity index (χ0) is 18.4. The van der Waals surface area contributed by atoms with Gasteiger partial charge in [0.05, 0.1) is 18.7 Å². The average molecular weight is 372 g/mol. The number of rotatable bonds is 6. The molecule has 0 spiro atoms. The van der Waals surface area contributed by atoms with Crippen molar-refractivity contribution in [3.05, 3.63) is 47.0 Å². The zero-order valence-corrected chi connectivity index (χ0v) is 15.1. The van der Waals surface area contributed by atoms with Crippen LogP contribution in [0.15, 0.2) is 35.7 Å².